The van der Waals surface area contributed by atoms with Crippen molar-refractivity contribution in [3.05, 3.63) is 0 Å². The van der Waals surface area contributed by atoms with Crippen molar-refractivity contribution in [2.75, 3.05) is 32.7 Å². The summed E-state index contributed by atoms with van der Waals surface area (Å²) in [6.07, 6.45) is 4.58. The van der Waals surface area contributed by atoms with E-state index in [1.165, 1.54) is 25.9 Å². The van der Waals surface area contributed by atoms with E-state index in [4.69, 9.17) is 5.73 Å². The first-order chi connectivity index (χ1) is 8.16. The topological polar surface area (TPSA) is 49.6 Å². The predicted molar refractivity (Wildman–Crippen MR) is 68.6 cm³/mol. The third-order valence-electron chi connectivity index (χ3n) is 3.87. The normalized spacial score (nSPS) is 28.7. The minimum atomic E-state index is -0.247. The van der Waals surface area contributed by atoms with Crippen molar-refractivity contribution < 1.29 is 4.79 Å². The van der Waals surface area contributed by atoms with Crippen molar-refractivity contribution in [2.45, 2.75) is 38.6 Å². The Morgan fingerprint density at radius 2 is 1.94 bits per heavy atom. The molecule has 0 aromatic carbocycles. The molecule has 2 saturated heterocycles. The molecule has 2 aliphatic rings. The van der Waals surface area contributed by atoms with Crippen molar-refractivity contribution >= 4 is 5.91 Å². The Morgan fingerprint density at radius 3 is 2.65 bits per heavy atom. The highest BCUT2D eigenvalue weighted by Crippen LogP contribution is 2.15. The van der Waals surface area contributed by atoms with Crippen LogP contribution >= 0.6 is 0 Å². The summed E-state index contributed by atoms with van der Waals surface area (Å²) < 4.78 is 0. The van der Waals surface area contributed by atoms with Gasteiger partial charge in [0.1, 0.15) is 0 Å². The van der Waals surface area contributed by atoms with Crippen LogP contribution in [0, 0.1) is 5.92 Å². The zero-order valence-electron chi connectivity index (χ0n) is 10.9. The fourth-order valence-electron chi connectivity index (χ4n) is 2.99. The van der Waals surface area contributed by atoms with Gasteiger partial charge in [-0.2, -0.15) is 0 Å². The Labute approximate surface area is 104 Å². The van der Waals surface area contributed by atoms with Crippen LogP contribution in [0.3, 0.4) is 0 Å². The van der Waals surface area contributed by atoms with E-state index < -0.39 is 0 Å². The minimum Gasteiger partial charge on any atom is -0.341 e. The Balaban J connectivity index is 1.76. The second kappa shape index (κ2) is 5.83. The van der Waals surface area contributed by atoms with Gasteiger partial charge >= 0.3 is 0 Å². The molecule has 0 radical (unpaired) electrons. The van der Waals surface area contributed by atoms with Gasteiger partial charge in [-0.15, -0.1) is 0 Å². The molecular formula is C13H25N3O. The van der Waals surface area contributed by atoms with Crippen LogP contribution in [-0.4, -0.2) is 54.5 Å². The van der Waals surface area contributed by atoms with Gasteiger partial charge in [0.25, 0.3) is 0 Å². The van der Waals surface area contributed by atoms with Gasteiger partial charge < -0.3 is 15.5 Å². The summed E-state index contributed by atoms with van der Waals surface area (Å²) in [7, 11) is 0. The molecule has 2 heterocycles. The number of piperidine rings is 1. The Hall–Kier alpha value is -0.610. The lowest BCUT2D eigenvalue weighted by Crippen LogP contribution is -2.50. The molecule has 4 heteroatoms. The summed E-state index contributed by atoms with van der Waals surface area (Å²) in [6, 6.07) is -0.247. The molecule has 2 atom stereocenters. The first kappa shape index (κ1) is 12.8. The smallest absolute Gasteiger partial charge is 0.239 e. The van der Waals surface area contributed by atoms with Crippen LogP contribution in [0.25, 0.3) is 0 Å². The van der Waals surface area contributed by atoms with Crippen molar-refractivity contribution in [3.63, 3.8) is 0 Å². The lowest BCUT2D eigenvalue weighted by atomic mass is 10.0. The molecule has 2 fully saturated rings. The first-order valence-corrected chi connectivity index (χ1v) is 6.93. The lowest BCUT2D eigenvalue weighted by Gasteiger charge is -2.33. The molecule has 0 spiro atoms. The zero-order chi connectivity index (χ0) is 12.3. The van der Waals surface area contributed by atoms with Gasteiger partial charge in [-0.05, 0) is 44.7 Å². The fraction of sp³-hybridized carbons (Fsp3) is 0.923. The van der Waals surface area contributed by atoms with Crippen molar-refractivity contribution in [1.29, 1.82) is 0 Å². The van der Waals surface area contributed by atoms with Gasteiger partial charge in [0.15, 0.2) is 0 Å². The molecule has 2 unspecified atom stereocenters. The van der Waals surface area contributed by atoms with Crippen molar-refractivity contribution in [3.8, 4) is 0 Å². The SMILES string of the molecule is CC(CN1CCCC1)CN1CCCC(N)C1=O. The van der Waals surface area contributed by atoms with Crippen LogP contribution in [0.1, 0.15) is 32.6 Å². The number of amides is 1. The number of nitrogens with two attached hydrogens (primary N) is 1. The predicted octanol–water partition coefficient (Wildman–Crippen LogP) is 0.668. The van der Waals surface area contributed by atoms with Gasteiger partial charge in [-0.25, -0.2) is 0 Å². The molecule has 0 saturated carbocycles. The molecule has 2 aliphatic heterocycles. The number of carbonyl (C=O) groups is 1. The van der Waals surface area contributed by atoms with E-state index in [2.05, 4.69) is 11.8 Å². The van der Waals surface area contributed by atoms with E-state index in [1.54, 1.807) is 0 Å². The molecule has 17 heavy (non-hydrogen) atoms. The number of hydrogen-bond donors (Lipinski definition) is 1. The molecule has 0 aliphatic carbocycles. The maximum atomic E-state index is 11.9. The molecule has 0 aromatic heterocycles. The highest BCUT2D eigenvalue weighted by molar-refractivity contribution is 5.82. The van der Waals surface area contributed by atoms with E-state index in [9.17, 15) is 4.79 Å². The van der Waals surface area contributed by atoms with Crippen LogP contribution in [0.4, 0.5) is 0 Å². The van der Waals surface area contributed by atoms with Crippen LogP contribution < -0.4 is 5.73 Å². The summed E-state index contributed by atoms with van der Waals surface area (Å²) in [5.74, 6) is 0.715. The van der Waals surface area contributed by atoms with Crippen LogP contribution in [0.5, 0.6) is 0 Å². The van der Waals surface area contributed by atoms with Crippen molar-refractivity contribution in [2.24, 2.45) is 11.7 Å². The largest absolute Gasteiger partial charge is 0.341 e. The molecule has 4 nitrogen and oxygen atoms in total. The van der Waals surface area contributed by atoms with Gasteiger partial charge in [0.05, 0.1) is 6.04 Å². The van der Waals surface area contributed by atoms with E-state index in [0.717, 1.165) is 32.5 Å². The maximum Gasteiger partial charge on any atom is 0.239 e. The molecule has 0 aromatic rings. The van der Waals surface area contributed by atoms with Gasteiger partial charge in [0, 0.05) is 19.6 Å². The zero-order valence-corrected chi connectivity index (χ0v) is 10.9. The van der Waals surface area contributed by atoms with Crippen LogP contribution in [0.15, 0.2) is 0 Å². The molecular weight excluding hydrogens is 214 g/mol. The van der Waals surface area contributed by atoms with Crippen LogP contribution in [-0.2, 0) is 4.79 Å². The average Bonchev–Trinajstić information content (AvgIpc) is 2.77. The fourth-order valence-corrected chi connectivity index (χ4v) is 2.99. The third kappa shape index (κ3) is 3.42. The van der Waals surface area contributed by atoms with E-state index in [0.29, 0.717) is 5.92 Å². The quantitative estimate of drug-likeness (QED) is 0.784. The Bertz CT molecular complexity index is 263. The van der Waals surface area contributed by atoms with Crippen LogP contribution in [0.2, 0.25) is 0 Å². The number of hydrogen-bond acceptors (Lipinski definition) is 3. The van der Waals surface area contributed by atoms with E-state index in [-0.39, 0.29) is 11.9 Å². The monoisotopic (exact) mass is 239 g/mol. The van der Waals surface area contributed by atoms with E-state index >= 15 is 0 Å². The molecule has 2 N–H and O–H groups in total. The number of carbonyl (C=O) groups excluding carboxylic acids is 1. The highest BCUT2D eigenvalue weighted by atomic mass is 16.2. The maximum absolute atomic E-state index is 11.9. The summed E-state index contributed by atoms with van der Waals surface area (Å²) in [4.78, 5) is 16.4. The second-order valence-corrected chi connectivity index (χ2v) is 5.65. The average molecular weight is 239 g/mol. The highest BCUT2D eigenvalue weighted by Gasteiger charge is 2.27. The third-order valence-corrected chi connectivity index (χ3v) is 3.87. The van der Waals surface area contributed by atoms with Gasteiger partial charge in [-0.3, -0.25) is 4.79 Å². The van der Waals surface area contributed by atoms with Crippen molar-refractivity contribution in [1.82, 2.24) is 9.80 Å². The molecule has 2 rings (SSSR count). The number of likely N-dealkylation sites (tertiary alicyclic amines) is 2. The summed E-state index contributed by atoms with van der Waals surface area (Å²) in [5.41, 5.74) is 5.81. The van der Waals surface area contributed by atoms with Gasteiger partial charge in [-0.1, -0.05) is 6.92 Å². The minimum absolute atomic E-state index is 0.157. The molecule has 0 bridgehead atoms. The van der Waals surface area contributed by atoms with E-state index in [1.807, 2.05) is 4.90 Å². The van der Waals surface area contributed by atoms with Gasteiger partial charge in [0.2, 0.25) is 5.91 Å². The first-order valence-electron chi connectivity index (χ1n) is 6.93. The molecule has 98 valence electrons. The lowest BCUT2D eigenvalue weighted by molar-refractivity contribution is -0.135. The summed E-state index contributed by atoms with van der Waals surface area (Å²) in [6.45, 7) is 7.61. The standard InChI is InChI=1S/C13H25N3O/c1-11(9-15-6-2-3-7-15)10-16-8-4-5-12(14)13(16)17/h11-12H,2-10,14H2,1H3. The number of nitrogens with zero attached hydrogens (tertiary/aromatic N) is 2. The Kier molecular flexibility index (Phi) is 4.40. The number of rotatable bonds is 4. The Morgan fingerprint density at radius 1 is 1.24 bits per heavy atom. The summed E-state index contributed by atoms with van der Waals surface area (Å²) in [5, 5.41) is 0. The summed E-state index contributed by atoms with van der Waals surface area (Å²) >= 11 is 0. The second-order valence-electron chi connectivity index (χ2n) is 5.65. The molecule has 1 amide bonds.